The Balaban J connectivity index is 1.35. The number of hydrogen-bond acceptors (Lipinski definition) is 6. The molecule has 11 nitrogen and oxygen atoms in total. The van der Waals surface area contributed by atoms with Crippen LogP contribution in [0.1, 0.15) is 71.4 Å². The summed E-state index contributed by atoms with van der Waals surface area (Å²) in [5.74, 6) is -1.69. The van der Waals surface area contributed by atoms with Gasteiger partial charge in [-0.3, -0.25) is 19.5 Å². The maximum absolute atomic E-state index is 13.7. The third kappa shape index (κ3) is 8.04. The number of nitrogens with one attached hydrogen (secondary N) is 4. The first-order valence-electron chi connectivity index (χ1n) is 16.0. The molecule has 4 aromatic rings. The zero-order chi connectivity index (χ0) is 33.7. The third-order valence-electron chi connectivity index (χ3n) is 8.85. The fourth-order valence-electron chi connectivity index (χ4n) is 6.22. The lowest BCUT2D eigenvalue weighted by molar-refractivity contribution is -0.130. The minimum Gasteiger partial charge on any atom is -0.478 e. The van der Waals surface area contributed by atoms with Crippen molar-refractivity contribution in [2.45, 2.75) is 65.0 Å². The van der Waals surface area contributed by atoms with Gasteiger partial charge in [-0.1, -0.05) is 30.3 Å². The molecule has 1 aliphatic carbocycles. The summed E-state index contributed by atoms with van der Waals surface area (Å²) in [5, 5.41) is 25.6. The van der Waals surface area contributed by atoms with Crippen LogP contribution < -0.4 is 21.7 Å². The van der Waals surface area contributed by atoms with Gasteiger partial charge in [-0.2, -0.15) is 5.10 Å². The summed E-state index contributed by atoms with van der Waals surface area (Å²) in [4.78, 5) is 51.5. The molecule has 11 heteroatoms. The highest BCUT2D eigenvalue weighted by molar-refractivity contribution is 6.06. The monoisotopic (exact) mass is 638 g/mol. The highest BCUT2D eigenvalue weighted by Crippen LogP contribution is 2.29. The smallest absolute Gasteiger partial charge is 0.336 e. The molecule has 5 rings (SSSR count). The van der Waals surface area contributed by atoms with Crippen molar-refractivity contribution in [3.05, 3.63) is 83.0 Å². The molecule has 246 valence electrons. The number of aromatic carboxylic acids is 1. The minimum absolute atomic E-state index is 0.00302. The van der Waals surface area contributed by atoms with Crippen molar-refractivity contribution in [2.24, 2.45) is 17.6 Å². The van der Waals surface area contributed by atoms with E-state index in [2.05, 4.69) is 26.1 Å². The third-order valence-corrected chi connectivity index (χ3v) is 8.85. The molecule has 3 amide bonds. The summed E-state index contributed by atoms with van der Waals surface area (Å²) in [6, 6.07) is 15.5. The molecular weight excluding hydrogens is 596 g/mol. The molecule has 1 aliphatic rings. The fourth-order valence-corrected chi connectivity index (χ4v) is 6.22. The number of fused-ring (bicyclic) bond motifs is 1. The molecule has 1 heterocycles. The zero-order valence-corrected chi connectivity index (χ0v) is 26.9. The lowest BCUT2D eigenvalue weighted by atomic mass is 9.81. The summed E-state index contributed by atoms with van der Waals surface area (Å²) >= 11 is 0. The number of carbonyl (C=O) groups is 4. The van der Waals surface area contributed by atoms with Crippen LogP contribution in [-0.4, -0.2) is 57.6 Å². The maximum atomic E-state index is 13.7. The van der Waals surface area contributed by atoms with Crippen molar-refractivity contribution >= 4 is 40.3 Å². The SMILES string of the molecule is Cc1cc(C(=O)NC(C)C)ccc1-c1ccc(C[C@H](NC(=O)C2CCC(CN)CC2)C(=O)Nc2cc(C(=O)O)c3cn[nH]c3c2)cc1. The van der Waals surface area contributed by atoms with Crippen LogP contribution in [0.3, 0.4) is 0 Å². The molecule has 0 bridgehead atoms. The molecule has 0 spiro atoms. The van der Waals surface area contributed by atoms with E-state index in [9.17, 15) is 24.3 Å². The highest BCUT2D eigenvalue weighted by Gasteiger charge is 2.29. The average Bonchev–Trinajstić information content (AvgIpc) is 3.52. The summed E-state index contributed by atoms with van der Waals surface area (Å²) in [5.41, 5.74) is 10.9. The molecule has 47 heavy (non-hydrogen) atoms. The number of amides is 3. The number of aromatic nitrogens is 2. The van der Waals surface area contributed by atoms with Gasteiger partial charge in [0.1, 0.15) is 6.04 Å². The van der Waals surface area contributed by atoms with Gasteiger partial charge in [-0.25, -0.2) is 4.79 Å². The van der Waals surface area contributed by atoms with Crippen LogP contribution in [0, 0.1) is 18.8 Å². The van der Waals surface area contributed by atoms with E-state index < -0.39 is 17.9 Å². The molecule has 0 radical (unpaired) electrons. The number of aryl methyl sites for hydroxylation is 1. The predicted molar refractivity (Wildman–Crippen MR) is 181 cm³/mol. The first kappa shape index (κ1) is 33.3. The molecule has 1 fully saturated rings. The van der Waals surface area contributed by atoms with E-state index in [1.54, 1.807) is 12.1 Å². The first-order chi connectivity index (χ1) is 22.5. The van der Waals surface area contributed by atoms with E-state index in [1.165, 1.54) is 12.3 Å². The number of hydrogen-bond donors (Lipinski definition) is 6. The Bertz CT molecular complexity index is 1770. The molecule has 0 unspecified atom stereocenters. The Morgan fingerprint density at radius 3 is 2.34 bits per heavy atom. The second-order valence-corrected chi connectivity index (χ2v) is 12.7. The van der Waals surface area contributed by atoms with E-state index in [4.69, 9.17) is 5.73 Å². The lowest BCUT2D eigenvalue weighted by Gasteiger charge is -2.28. The van der Waals surface area contributed by atoms with Gasteiger partial charge < -0.3 is 26.8 Å². The molecule has 0 aliphatic heterocycles. The van der Waals surface area contributed by atoms with Crippen molar-refractivity contribution in [2.75, 3.05) is 11.9 Å². The minimum atomic E-state index is -1.14. The van der Waals surface area contributed by atoms with Crippen LogP contribution in [0.2, 0.25) is 0 Å². The normalized spacial score (nSPS) is 16.9. The van der Waals surface area contributed by atoms with Crippen LogP contribution >= 0.6 is 0 Å². The van der Waals surface area contributed by atoms with Crippen LogP contribution in [0.5, 0.6) is 0 Å². The van der Waals surface area contributed by atoms with Gasteiger partial charge in [0.2, 0.25) is 11.8 Å². The number of benzene rings is 3. The van der Waals surface area contributed by atoms with E-state index in [0.717, 1.165) is 35.1 Å². The maximum Gasteiger partial charge on any atom is 0.336 e. The Labute approximate surface area is 273 Å². The molecule has 0 saturated heterocycles. The Hall–Kier alpha value is -5.03. The second kappa shape index (κ2) is 14.6. The Kier molecular flexibility index (Phi) is 10.4. The number of aromatic amines is 1. The van der Waals surface area contributed by atoms with Gasteiger partial charge in [0.15, 0.2) is 0 Å². The van der Waals surface area contributed by atoms with Gasteiger partial charge in [0, 0.05) is 35.0 Å². The molecule has 7 N–H and O–H groups in total. The molecule has 1 saturated carbocycles. The largest absolute Gasteiger partial charge is 0.478 e. The van der Waals surface area contributed by atoms with E-state index in [1.807, 2.05) is 57.2 Å². The first-order valence-corrected chi connectivity index (χ1v) is 16.0. The Morgan fingerprint density at radius 2 is 1.70 bits per heavy atom. The predicted octanol–water partition coefficient (Wildman–Crippen LogP) is 4.81. The number of rotatable bonds is 11. The number of carboxylic acid groups (broad SMARTS) is 1. The average molecular weight is 639 g/mol. The van der Waals surface area contributed by atoms with Crippen LogP contribution in [0.15, 0.2) is 60.8 Å². The number of anilines is 1. The van der Waals surface area contributed by atoms with E-state index in [0.29, 0.717) is 41.8 Å². The number of carboxylic acids is 1. The van der Waals surface area contributed by atoms with Gasteiger partial charge >= 0.3 is 5.97 Å². The van der Waals surface area contributed by atoms with Crippen molar-refractivity contribution in [1.29, 1.82) is 0 Å². The van der Waals surface area contributed by atoms with Crippen LogP contribution in [0.25, 0.3) is 22.0 Å². The summed E-state index contributed by atoms with van der Waals surface area (Å²) in [6.45, 7) is 6.40. The molecule has 1 atom stereocenters. The molecule has 3 aromatic carbocycles. The van der Waals surface area contributed by atoms with Crippen molar-refractivity contribution in [1.82, 2.24) is 20.8 Å². The molecular formula is C36H42N6O5. The summed E-state index contributed by atoms with van der Waals surface area (Å²) in [6.07, 6.45) is 4.83. The van der Waals surface area contributed by atoms with Gasteiger partial charge in [0.25, 0.3) is 5.91 Å². The van der Waals surface area contributed by atoms with Gasteiger partial charge in [0.05, 0.1) is 17.3 Å². The van der Waals surface area contributed by atoms with Gasteiger partial charge in [-0.15, -0.1) is 0 Å². The summed E-state index contributed by atoms with van der Waals surface area (Å²) in [7, 11) is 0. The topological polar surface area (TPSA) is 179 Å². The number of nitrogens with two attached hydrogens (primary N) is 1. The number of carbonyl (C=O) groups excluding carboxylic acids is 3. The number of H-pyrrole nitrogens is 1. The quantitative estimate of drug-likeness (QED) is 0.136. The fraction of sp³-hybridized carbons (Fsp3) is 0.361. The summed E-state index contributed by atoms with van der Waals surface area (Å²) < 4.78 is 0. The zero-order valence-electron chi connectivity index (χ0n) is 26.9. The van der Waals surface area contributed by atoms with Crippen molar-refractivity contribution in [3.8, 4) is 11.1 Å². The Morgan fingerprint density at radius 1 is 0.979 bits per heavy atom. The highest BCUT2D eigenvalue weighted by atomic mass is 16.4. The lowest BCUT2D eigenvalue weighted by Crippen LogP contribution is -2.48. The molecule has 1 aromatic heterocycles. The van der Waals surface area contributed by atoms with Crippen LogP contribution in [0.4, 0.5) is 5.69 Å². The van der Waals surface area contributed by atoms with E-state index >= 15 is 0 Å². The number of nitrogens with zero attached hydrogens (tertiary/aromatic N) is 1. The second-order valence-electron chi connectivity index (χ2n) is 12.7. The van der Waals surface area contributed by atoms with Crippen LogP contribution in [-0.2, 0) is 16.0 Å². The van der Waals surface area contributed by atoms with Gasteiger partial charge in [-0.05, 0) is 105 Å². The van der Waals surface area contributed by atoms with E-state index in [-0.39, 0.29) is 41.4 Å². The van der Waals surface area contributed by atoms with Crippen molar-refractivity contribution < 1.29 is 24.3 Å². The van der Waals surface area contributed by atoms with Crippen molar-refractivity contribution in [3.63, 3.8) is 0 Å². The standard InChI is InChI=1S/C36H42N6O5/c1-20(2)39-34(44)26-12-13-28(21(3)14-26)24-8-4-22(5-9-24)15-32(41-33(43)25-10-6-23(18-37)7-11-25)35(45)40-27-16-29(36(46)47)30-19-38-42-31(30)17-27/h4-5,8-9,12-14,16-17,19-20,23,25,32H,6-7,10-11,15,18,37H2,1-3H3,(H,38,42)(H,39,44)(H,40,45)(H,41,43)(H,46,47)/t23?,25?,32-/m0/s1.